The van der Waals surface area contributed by atoms with Gasteiger partial charge in [0.25, 0.3) is 5.91 Å². The lowest BCUT2D eigenvalue weighted by Crippen LogP contribution is -2.50. The number of anilines is 1. The Bertz CT molecular complexity index is 1200. The van der Waals surface area contributed by atoms with Gasteiger partial charge in [0, 0.05) is 48.7 Å². The lowest BCUT2D eigenvalue weighted by atomic mass is 9.93. The van der Waals surface area contributed by atoms with Crippen molar-refractivity contribution < 1.29 is 19.1 Å². The molecule has 1 saturated carbocycles. The van der Waals surface area contributed by atoms with E-state index in [1.165, 1.54) is 4.90 Å². The molecule has 0 spiro atoms. The number of nitrogens with zero attached hydrogens (tertiary/aromatic N) is 5. The summed E-state index contributed by atoms with van der Waals surface area (Å²) in [6.45, 7) is 7.93. The highest BCUT2D eigenvalue weighted by Crippen LogP contribution is 2.29. The van der Waals surface area contributed by atoms with Gasteiger partial charge in [-0.05, 0) is 45.7 Å². The highest BCUT2D eigenvalue weighted by atomic mass is 32.1. The number of urea groups is 1. The van der Waals surface area contributed by atoms with Gasteiger partial charge in [0.15, 0.2) is 5.13 Å². The normalized spacial score (nSPS) is 16.4. The summed E-state index contributed by atoms with van der Waals surface area (Å²) in [4.78, 5) is 48.5. The van der Waals surface area contributed by atoms with Gasteiger partial charge in [-0.3, -0.25) is 9.69 Å². The molecule has 2 heterocycles. The van der Waals surface area contributed by atoms with Gasteiger partial charge in [-0.25, -0.2) is 14.6 Å². The number of imide groups is 1. The largest absolute Gasteiger partial charge is 0.444 e. The third-order valence-electron chi connectivity index (χ3n) is 6.82. The first-order chi connectivity index (χ1) is 18.7. The van der Waals surface area contributed by atoms with E-state index < -0.39 is 11.6 Å². The molecule has 39 heavy (non-hydrogen) atoms. The van der Waals surface area contributed by atoms with E-state index in [4.69, 9.17) is 15.0 Å². The highest BCUT2D eigenvalue weighted by molar-refractivity contribution is 7.14. The van der Waals surface area contributed by atoms with Crippen LogP contribution in [0.5, 0.6) is 0 Å². The first kappa shape index (κ1) is 28.4. The van der Waals surface area contributed by atoms with Gasteiger partial charge in [-0.1, -0.05) is 31.4 Å². The van der Waals surface area contributed by atoms with E-state index in [0.29, 0.717) is 31.7 Å². The second kappa shape index (κ2) is 12.5. The third kappa shape index (κ3) is 7.26. The molecule has 11 heteroatoms. The van der Waals surface area contributed by atoms with Gasteiger partial charge >= 0.3 is 12.1 Å². The smallest absolute Gasteiger partial charge is 0.410 e. The van der Waals surface area contributed by atoms with Crippen LogP contribution in [0.25, 0.3) is 11.3 Å². The van der Waals surface area contributed by atoms with Crippen LogP contribution in [-0.4, -0.2) is 77.2 Å². The maximum Gasteiger partial charge on any atom is 0.410 e. The standard InChI is InChI=1S/C28H36N6O4S/c1-28(2,3)38-27(37)33-17-15-32(16-18-33)26-31-23(19-39-26)20-9-11-21(12-10-20)24(35)34(25(36)30-14-13-29)22-7-5-4-6-8-22/h9-12,19,22H,4-8,14-18H2,1-3H3,(H,30,36). The fourth-order valence-electron chi connectivity index (χ4n) is 4.83. The van der Waals surface area contributed by atoms with Crippen LogP contribution < -0.4 is 10.2 Å². The molecule has 4 amide bonds. The lowest BCUT2D eigenvalue weighted by Gasteiger charge is -2.35. The Kier molecular flexibility index (Phi) is 9.07. The van der Waals surface area contributed by atoms with E-state index in [0.717, 1.165) is 48.5 Å². The molecule has 2 aliphatic rings. The van der Waals surface area contributed by atoms with E-state index in [9.17, 15) is 14.4 Å². The van der Waals surface area contributed by atoms with Gasteiger partial charge in [0.05, 0.1) is 11.8 Å². The Morgan fingerprint density at radius 2 is 1.77 bits per heavy atom. The average Bonchev–Trinajstić information content (AvgIpc) is 3.42. The first-order valence-electron chi connectivity index (χ1n) is 13.4. The number of aromatic nitrogens is 1. The molecule has 208 valence electrons. The van der Waals surface area contributed by atoms with E-state index in [2.05, 4.69) is 10.2 Å². The van der Waals surface area contributed by atoms with Crippen LogP contribution in [0.1, 0.15) is 63.2 Å². The van der Waals surface area contributed by atoms with Gasteiger partial charge in [-0.15, -0.1) is 11.3 Å². The average molecular weight is 553 g/mol. The SMILES string of the molecule is CC(C)(C)OC(=O)N1CCN(c2nc(-c3ccc(C(=O)N(C(=O)NCC#N)C4CCCCC4)cc3)cs2)CC1. The van der Waals surface area contributed by atoms with Crippen molar-refractivity contribution >= 4 is 34.5 Å². The minimum atomic E-state index is -0.520. The summed E-state index contributed by atoms with van der Waals surface area (Å²) in [7, 11) is 0. The Labute approximate surface area is 233 Å². The molecule has 2 aromatic rings. The molecule has 2 fully saturated rings. The second-order valence-corrected chi connectivity index (χ2v) is 11.7. The molecule has 1 aliphatic carbocycles. The molecule has 0 bridgehead atoms. The number of carbonyl (C=O) groups is 3. The Balaban J connectivity index is 1.40. The Morgan fingerprint density at radius 1 is 1.10 bits per heavy atom. The quantitative estimate of drug-likeness (QED) is 0.525. The van der Waals surface area contributed by atoms with Crippen molar-refractivity contribution in [2.45, 2.75) is 64.5 Å². The van der Waals surface area contributed by atoms with Gasteiger partial charge < -0.3 is 19.9 Å². The van der Waals surface area contributed by atoms with Crippen molar-refractivity contribution in [3.8, 4) is 17.3 Å². The summed E-state index contributed by atoms with van der Waals surface area (Å²) >= 11 is 1.54. The highest BCUT2D eigenvalue weighted by Gasteiger charge is 2.32. The zero-order valence-electron chi connectivity index (χ0n) is 22.8. The number of thiazole rings is 1. The lowest BCUT2D eigenvalue weighted by molar-refractivity contribution is 0.0240. The van der Waals surface area contributed by atoms with Crippen molar-refractivity contribution in [3.63, 3.8) is 0 Å². The monoisotopic (exact) mass is 552 g/mol. The number of hydrogen-bond donors (Lipinski definition) is 1. The number of ether oxygens (including phenoxy) is 1. The Hall–Kier alpha value is -3.65. The minimum absolute atomic E-state index is 0.142. The predicted molar refractivity (Wildman–Crippen MR) is 150 cm³/mol. The minimum Gasteiger partial charge on any atom is -0.444 e. The van der Waals surface area contributed by atoms with E-state index in [1.54, 1.807) is 28.4 Å². The van der Waals surface area contributed by atoms with Gasteiger partial charge in [0.2, 0.25) is 0 Å². The molecule has 1 N–H and O–H groups in total. The summed E-state index contributed by atoms with van der Waals surface area (Å²) in [6, 6.07) is 8.36. The number of rotatable bonds is 5. The van der Waals surface area contributed by atoms with Gasteiger partial charge in [-0.2, -0.15) is 5.26 Å². The molecule has 0 radical (unpaired) electrons. The predicted octanol–water partition coefficient (Wildman–Crippen LogP) is 4.88. The zero-order valence-corrected chi connectivity index (χ0v) is 23.6. The molecule has 1 aromatic carbocycles. The van der Waals surface area contributed by atoms with Gasteiger partial charge in [0.1, 0.15) is 12.1 Å². The summed E-state index contributed by atoms with van der Waals surface area (Å²) in [6.07, 6.45) is 4.31. The third-order valence-corrected chi connectivity index (χ3v) is 7.72. The van der Waals surface area contributed by atoms with Crippen molar-refractivity contribution in [1.29, 1.82) is 5.26 Å². The molecular formula is C28H36N6O4S. The molecule has 1 aliphatic heterocycles. The summed E-state index contributed by atoms with van der Waals surface area (Å²) in [5.74, 6) is -0.356. The van der Waals surface area contributed by atoms with Crippen LogP contribution in [-0.2, 0) is 4.74 Å². The van der Waals surface area contributed by atoms with E-state index >= 15 is 0 Å². The van der Waals surface area contributed by atoms with Crippen LogP contribution in [0.3, 0.4) is 0 Å². The number of benzene rings is 1. The molecular weight excluding hydrogens is 516 g/mol. The molecule has 1 saturated heterocycles. The summed E-state index contributed by atoms with van der Waals surface area (Å²) in [5, 5.41) is 14.3. The molecule has 0 atom stereocenters. The molecule has 0 unspecified atom stereocenters. The van der Waals surface area contributed by atoms with Crippen molar-refractivity contribution in [2.75, 3.05) is 37.6 Å². The van der Waals surface area contributed by atoms with Crippen LogP contribution in [0.2, 0.25) is 0 Å². The van der Waals surface area contributed by atoms with Crippen molar-refractivity contribution in [3.05, 3.63) is 35.2 Å². The van der Waals surface area contributed by atoms with Crippen molar-refractivity contribution in [1.82, 2.24) is 20.1 Å². The number of nitriles is 1. The number of hydrogen-bond acceptors (Lipinski definition) is 8. The first-order valence-corrected chi connectivity index (χ1v) is 14.3. The van der Waals surface area contributed by atoms with Crippen LogP contribution in [0, 0.1) is 11.3 Å². The summed E-state index contributed by atoms with van der Waals surface area (Å²) < 4.78 is 5.48. The molecule has 10 nitrogen and oxygen atoms in total. The maximum atomic E-state index is 13.4. The number of amides is 4. The topological polar surface area (TPSA) is 119 Å². The summed E-state index contributed by atoms with van der Waals surface area (Å²) in [5.41, 5.74) is 1.58. The fraction of sp³-hybridized carbons (Fsp3) is 0.536. The second-order valence-electron chi connectivity index (χ2n) is 10.8. The zero-order chi connectivity index (χ0) is 28.0. The van der Waals surface area contributed by atoms with Crippen LogP contribution in [0.4, 0.5) is 14.7 Å². The van der Waals surface area contributed by atoms with E-state index in [-0.39, 0.29) is 24.6 Å². The van der Waals surface area contributed by atoms with Crippen LogP contribution >= 0.6 is 11.3 Å². The van der Waals surface area contributed by atoms with Crippen LogP contribution in [0.15, 0.2) is 29.6 Å². The molecule has 1 aromatic heterocycles. The molecule has 4 rings (SSSR count). The number of carbonyl (C=O) groups excluding carboxylic acids is 3. The number of nitrogens with one attached hydrogen (secondary N) is 1. The number of piperazine rings is 1. The fourth-order valence-corrected chi connectivity index (χ4v) is 5.72. The van der Waals surface area contributed by atoms with Crippen molar-refractivity contribution in [2.24, 2.45) is 0 Å². The maximum absolute atomic E-state index is 13.4. The Morgan fingerprint density at radius 3 is 2.38 bits per heavy atom. The van der Waals surface area contributed by atoms with E-state index in [1.807, 2.05) is 44.4 Å².